The van der Waals surface area contributed by atoms with Crippen LogP contribution in [0, 0.1) is 0 Å². The van der Waals surface area contributed by atoms with Crippen molar-refractivity contribution >= 4 is 5.78 Å². The molecule has 1 aromatic carbocycles. The van der Waals surface area contributed by atoms with Gasteiger partial charge in [0.05, 0.1) is 0 Å². The SMILES string of the molecule is O=C1C=C(CCO)C=CC1(O)c1cc(O)c(O)cc1CCO. The largest absolute Gasteiger partial charge is 0.504 e. The fraction of sp³-hybridized carbons (Fsp3) is 0.312. The molecule has 1 aliphatic rings. The minimum atomic E-state index is -1.98. The number of benzene rings is 1. The van der Waals surface area contributed by atoms with E-state index < -0.39 is 17.1 Å². The molecule has 1 aromatic rings. The number of aliphatic hydroxyl groups excluding tert-OH is 2. The first-order valence-corrected chi connectivity index (χ1v) is 6.86. The average molecular weight is 306 g/mol. The van der Waals surface area contributed by atoms with Gasteiger partial charge in [-0.15, -0.1) is 0 Å². The second kappa shape index (κ2) is 6.31. The van der Waals surface area contributed by atoms with Crippen molar-refractivity contribution in [1.29, 1.82) is 0 Å². The van der Waals surface area contributed by atoms with Gasteiger partial charge in [-0.25, -0.2) is 0 Å². The van der Waals surface area contributed by atoms with Crippen molar-refractivity contribution in [2.24, 2.45) is 0 Å². The Labute approximate surface area is 127 Å². The van der Waals surface area contributed by atoms with Crippen LogP contribution in [0.25, 0.3) is 0 Å². The van der Waals surface area contributed by atoms with Crippen LogP contribution in [0.5, 0.6) is 11.5 Å². The Morgan fingerprint density at radius 2 is 1.64 bits per heavy atom. The van der Waals surface area contributed by atoms with Crippen LogP contribution in [-0.2, 0) is 16.8 Å². The Morgan fingerprint density at radius 3 is 2.23 bits per heavy atom. The normalized spacial score (nSPS) is 21.0. The molecule has 0 radical (unpaired) electrons. The predicted molar refractivity (Wildman–Crippen MR) is 78.4 cm³/mol. The molecule has 1 unspecified atom stereocenters. The Bertz CT molecular complexity index is 646. The van der Waals surface area contributed by atoms with Crippen LogP contribution in [0.15, 0.2) is 35.9 Å². The molecule has 2 rings (SSSR count). The van der Waals surface area contributed by atoms with Crippen LogP contribution in [0.3, 0.4) is 0 Å². The minimum Gasteiger partial charge on any atom is -0.504 e. The summed E-state index contributed by atoms with van der Waals surface area (Å²) >= 11 is 0. The van der Waals surface area contributed by atoms with Crippen molar-refractivity contribution in [3.8, 4) is 11.5 Å². The van der Waals surface area contributed by atoms with Gasteiger partial charge in [-0.3, -0.25) is 4.79 Å². The highest BCUT2D eigenvalue weighted by Gasteiger charge is 2.38. The Balaban J connectivity index is 2.49. The standard InChI is InChI=1S/C16H18O6/c17-5-2-10-1-4-16(22,15(21)7-10)12-9-14(20)13(19)8-11(12)3-6-18/h1,4,7-9,17-20,22H,2-3,5-6H2. The summed E-state index contributed by atoms with van der Waals surface area (Å²) in [4.78, 5) is 12.3. The van der Waals surface area contributed by atoms with Gasteiger partial charge in [-0.1, -0.05) is 6.08 Å². The van der Waals surface area contributed by atoms with Gasteiger partial charge < -0.3 is 25.5 Å². The van der Waals surface area contributed by atoms with Crippen LogP contribution >= 0.6 is 0 Å². The summed E-state index contributed by atoms with van der Waals surface area (Å²) in [7, 11) is 0. The zero-order valence-electron chi connectivity index (χ0n) is 11.9. The fourth-order valence-corrected chi connectivity index (χ4v) is 2.45. The Morgan fingerprint density at radius 1 is 1.00 bits per heavy atom. The van der Waals surface area contributed by atoms with E-state index >= 15 is 0 Å². The molecule has 6 heteroatoms. The highest BCUT2D eigenvalue weighted by atomic mass is 16.3. The van der Waals surface area contributed by atoms with Gasteiger partial charge >= 0.3 is 0 Å². The van der Waals surface area contributed by atoms with Gasteiger partial charge in [0.25, 0.3) is 0 Å². The van der Waals surface area contributed by atoms with Crippen LogP contribution in [0.4, 0.5) is 0 Å². The van der Waals surface area contributed by atoms with E-state index in [9.17, 15) is 20.1 Å². The van der Waals surface area contributed by atoms with E-state index in [1.165, 1.54) is 24.3 Å². The molecule has 0 heterocycles. The summed E-state index contributed by atoms with van der Waals surface area (Å²) < 4.78 is 0. The van der Waals surface area contributed by atoms with Crippen LogP contribution in [0.2, 0.25) is 0 Å². The van der Waals surface area contributed by atoms with Crippen molar-refractivity contribution in [3.05, 3.63) is 47.1 Å². The van der Waals surface area contributed by atoms with Crippen molar-refractivity contribution in [1.82, 2.24) is 0 Å². The monoisotopic (exact) mass is 306 g/mol. The lowest BCUT2D eigenvalue weighted by atomic mass is 9.81. The maximum absolute atomic E-state index is 12.3. The fourth-order valence-electron chi connectivity index (χ4n) is 2.45. The number of carbonyl (C=O) groups is 1. The summed E-state index contributed by atoms with van der Waals surface area (Å²) in [6.07, 6.45) is 4.46. The highest BCUT2D eigenvalue weighted by molar-refractivity contribution is 6.01. The quantitative estimate of drug-likeness (QED) is 0.498. The van der Waals surface area contributed by atoms with Gasteiger partial charge in [0, 0.05) is 18.8 Å². The van der Waals surface area contributed by atoms with E-state index in [0.717, 1.165) is 6.07 Å². The van der Waals surface area contributed by atoms with Gasteiger partial charge in [0.2, 0.25) is 0 Å². The van der Waals surface area contributed by atoms with E-state index in [1.54, 1.807) is 0 Å². The number of phenolic OH excluding ortho intramolecular Hbond substituents is 2. The first-order chi connectivity index (χ1) is 10.4. The molecule has 1 aliphatic carbocycles. The summed E-state index contributed by atoms with van der Waals surface area (Å²) in [5, 5.41) is 47.9. The second-order valence-electron chi connectivity index (χ2n) is 5.13. The first-order valence-electron chi connectivity index (χ1n) is 6.86. The molecule has 0 aromatic heterocycles. The third kappa shape index (κ3) is 2.89. The molecule has 0 spiro atoms. The summed E-state index contributed by atoms with van der Waals surface area (Å²) in [5.74, 6) is -1.46. The molecule has 1 atom stereocenters. The van der Waals surface area contributed by atoms with Crippen LogP contribution in [-0.4, -0.2) is 44.5 Å². The van der Waals surface area contributed by atoms with E-state index in [2.05, 4.69) is 0 Å². The smallest absolute Gasteiger partial charge is 0.196 e. The number of aromatic hydroxyl groups is 2. The molecule has 0 fully saturated rings. The van der Waals surface area contributed by atoms with E-state index in [-0.39, 0.29) is 30.9 Å². The third-order valence-corrected chi connectivity index (χ3v) is 3.62. The Kier molecular flexibility index (Phi) is 4.65. The maximum atomic E-state index is 12.3. The van der Waals surface area contributed by atoms with Crippen molar-refractivity contribution in [2.45, 2.75) is 18.4 Å². The van der Waals surface area contributed by atoms with Crippen molar-refractivity contribution < 1.29 is 30.3 Å². The number of ketones is 1. The average Bonchev–Trinajstić information content (AvgIpc) is 2.47. The molecule has 6 nitrogen and oxygen atoms in total. The van der Waals surface area contributed by atoms with E-state index in [4.69, 9.17) is 10.2 Å². The predicted octanol–water partition coefficient (Wildman–Crippen LogP) is 0.268. The molecule has 0 bridgehead atoms. The molecule has 5 N–H and O–H groups in total. The zero-order chi connectivity index (χ0) is 16.3. The lowest BCUT2D eigenvalue weighted by molar-refractivity contribution is -0.128. The summed E-state index contributed by atoms with van der Waals surface area (Å²) in [5.41, 5.74) is -0.923. The van der Waals surface area contributed by atoms with Crippen LogP contribution < -0.4 is 0 Å². The van der Waals surface area contributed by atoms with Gasteiger partial charge in [0.15, 0.2) is 22.9 Å². The first kappa shape index (κ1) is 16.2. The molecule has 0 saturated carbocycles. The molecule has 0 aliphatic heterocycles. The van der Waals surface area contributed by atoms with E-state index in [1.807, 2.05) is 0 Å². The number of hydrogen-bond donors (Lipinski definition) is 5. The van der Waals surface area contributed by atoms with Gasteiger partial charge in [0.1, 0.15) is 0 Å². The van der Waals surface area contributed by atoms with Crippen molar-refractivity contribution in [2.75, 3.05) is 13.2 Å². The molecule has 0 saturated heterocycles. The number of aliphatic hydroxyl groups is 3. The summed E-state index contributed by atoms with van der Waals surface area (Å²) in [6.45, 7) is -0.353. The highest BCUT2D eigenvalue weighted by Crippen LogP contribution is 2.37. The maximum Gasteiger partial charge on any atom is 0.196 e. The third-order valence-electron chi connectivity index (χ3n) is 3.62. The lowest BCUT2D eigenvalue weighted by Gasteiger charge is -2.28. The topological polar surface area (TPSA) is 118 Å². The molecular weight excluding hydrogens is 288 g/mol. The lowest BCUT2D eigenvalue weighted by Crippen LogP contribution is -2.35. The van der Waals surface area contributed by atoms with Crippen LogP contribution in [0.1, 0.15) is 17.5 Å². The second-order valence-corrected chi connectivity index (χ2v) is 5.13. The van der Waals surface area contributed by atoms with Gasteiger partial charge in [-0.05, 0) is 48.3 Å². The molecule has 0 amide bonds. The van der Waals surface area contributed by atoms with Gasteiger partial charge in [-0.2, -0.15) is 0 Å². The number of carbonyl (C=O) groups excluding carboxylic acids is 1. The zero-order valence-corrected chi connectivity index (χ0v) is 11.9. The number of rotatable bonds is 5. The molecular formula is C16H18O6. The number of hydrogen-bond acceptors (Lipinski definition) is 6. The number of allylic oxidation sites excluding steroid dienone is 1. The summed E-state index contributed by atoms with van der Waals surface area (Å²) in [6, 6.07) is 2.33. The molecule has 22 heavy (non-hydrogen) atoms. The molecule has 118 valence electrons. The number of phenols is 2. The van der Waals surface area contributed by atoms with Crippen molar-refractivity contribution in [3.63, 3.8) is 0 Å². The van der Waals surface area contributed by atoms with E-state index in [0.29, 0.717) is 17.6 Å². The minimum absolute atomic E-state index is 0.109. The Hall–Kier alpha value is -2.15.